The Kier molecular flexibility index (Phi) is 1.71. The summed E-state index contributed by atoms with van der Waals surface area (Å²) in [4.78, 5) is 0. The van der Waals surface area contributed by atoms with Gasteiger partial charge in [0.2, 0.25) is 0 Å². The maximum Gasteiger partial charge on any atom is 0.0119 e. The van der Waals surface area contributed by atoms with Crippen LogP contribution in [0, 0.1) is 0 Å². The van der Waals surface area contributed by atoms with E-state index < -0.39 is 0 Å². The van der Waals surface area contributed by atoms with Gasteiger partial charge in [0.1, 0.15) is 0 Å². The summed E-state index contributed by atoms with van der Waals surface area (Å²) in [7, 11) is 0. The van der Waals surface area contributed by atoms with Crippen molar-refractivity contribution in [1.82, 2.24) is 0 Å². The maximum atomic E-state index is 5.71. The third-order valence-electron chi connectivity index (χ3n) is 2.03. The number of hydrogen-bond acceptors (Lipinski definition) is 1. The zero-order valence-electron chi connectivity index (χ0n) is 6.83. The Morgan fingerprint density at radius 2 is 1.75 bits per heavy atom. The van der Waals surface area contributed by atoms with Gasteiger partial charge in [-0.1, -0.05) is 36.4 Å². The molecule has 0 heterocycles. The van der Waals surface area contributed by atoms with Gasteiger partial charge in [0.05, 0.1) is 0 Å². The molecule has 0 aromatic heterocycles. The first-order chi connectivity index (χ1) is 5.86. The first kappa shape index (κ1) is 7.17. The van der Waals surface area contributed by atoms with Gasteiger partial charge < -0.3 is 5.73 Å². The Morgan fingerprint density at radius 3 is 2.58 bits per heavy atom. The van der Waals surface area contributed by atoms with Crippen molar-refractivity contribution >= 4 is 12.2 Å². The molecule has 0 saturated carbocycles. The molecule has 60 valence electrons. The van der Waals surface area contributed by atoms with E-state index in [-0.39, 0.29) is 0 Å². The van der Waals surface area contributed by atoms with Crippen LogP contribution in [-0.2, 0) is 0 Å². The lowest BCUT2D eigenvalue weighted by Crippen LogP contribution is -2.22. The molecule has 0 bridgehead atoms. The normalized spacial score (nSPS) is 14.8. The predicted molar refractivity (Wildman–Crippen MR) is 51.5 cm³/mol. The number of nitrogens with two attached hydrogens (primary N) is 1. The van der Waals surface area contributed by atoms with Gasteiger partial charge in [-0.05, 0) is 16.5 Å². The van der Waals surface area contributed by atoms with E-state index in [0.717, 1.165) is 12.1 Å². The highest BCUT2D eigenvalue weighted by Gasteiger charge is 1.90. The van der Waals surface area contributed by atoms with E-state index in [1.165, 1.54) is 10.4 Å². The molecule has 0 unspecified atom stereocenters. The van der Waals surface area contributed by atoms with Crippen LogP contribution in [0.2, 0.25) is 0 Å². The lowest BCUT2D eigenvalue weighted by Gasteiger charge is -1.89. The van der Waals surface area contributed by atoms with Crippen molar-refractivity contribution in [3.63, 3.8) is 0 Å². The van der Waals surface area contributed by atoms with E-state index in [1.54, 1.807) is 0 Å². The molecule has 0 saturated heterocycles. The molecule has 1 aromatic carbocycles. The second-order valence-electron chi connectivity index (χ2n) is 2.95. The SMILES string of the molecule is NC1=CC=c2ccccc2=CC1. The Bertz CT molecular complexity index is 427. The summed E-state index contributed by atoms with van der Waals surface area (Å²) in [6, 6.07) is 8.29. The van der Waals surface area contributed by atoms with Crippen molar-refractivity contribution in [3.05, 3.63) is 46.5 Å². The van der Waals surface area contributed by atoms with Crippen LogP contribution in [0.5, 0.6) is 0 Å². The first-order valence-corrected chi connectivity index (χ1v) is 4.08. The summed E-state index contributed by atoms with van der Waals surface area (Å²) in [6.45, 7) is 0. The molecule has 1 nitrogen and oxygen atoms in total. The molecule has 0 aliphatic heterocycles. The fourth-order valence-electron chi connectivity index (χ4n) is 1.34. The fourth-order valence-corrected chi connectivity index (χ4v) is 1.34. The molecule has 0 amide bonds. The van der Waals surface area contributed by atoms with E-state index in [4.69, 9.17) is 5.73 Å². The smallest absolute Gasteiger partial charge is 0.0119 e. The number of benzene rings is 1. The molecule has 0 atom stereocenters. The topological polar surface area (TPSA) is 26.0 Å². The lowest BCUT2D eigenvalue weighted by molar-refractivity contribution is 1.22. The third-order valence-corrected chi connectivity index (χ3v) is 2.03. The number of fused-ring (bicyclic) bond motifs is 1. The monoisotopic (exact) mass is 157 g/mol. The molecule has 2 rings (SSSR count). The molecule has 1 aliphatic carbocycles. The van der Waals surface area contributed by atoms with Crippen molar-refractivity contribution in [1.29, 1.82) is 0 Å². The van der Waals surface area contributed by atoms with Crippen LogP contribution in [-0.4, -0.2) is 0 Å². The number of hydrogen-bond donors (Lipinski definition) is 1. The quantitative estimate of drug-likeness (QED) is 0.583. The van der Waals surface area contributed by atoms with Crippen LogP contribution >= 0.6 is 0 Å². The standard InChI is InChI=1S/C11H11N/c12-11-7-5-9-3-1-2-4-10(9)6-8-11/h1-7H,8,12H2. The minimum atomic E-state index is 0.855. The molecule has 12 heavy (non-hydrogen) atoms. The van der Waals surface area contributed by atoms with Crippen LogP contribution in [0.1, 0.15) is 6.42 Å². The second kappa shape index (κ2) is 2.86. The Labute approximate surface area is 71.5 Å². The minimum absolute atomic E-state index is 0.855. The maximum absolute atomic E-state index is 5.71. The van der Waals surface area contributed by atoms with E-state index in [0.29, 0.717) is 0 Å². The molecule has 1 aromatic rings. The molecule has 0 spiro atoms. The molecule has 0 radical (unpaired) electrons. The van der Waals surface area contributed by atoms with E-state index in [9.17, 15) is 0 Å². The van der Waals surface area contributed by atoms with Gasteiger partial charge in [-0.25, -0.2) is 0 Å². The van der Waals surface area contributed by atoms with Crippen LogP contribution in [0.3, 0.4) is 0 Å². The number of allylic oxidation sites excluding steroid dienone is 2. The largest absolute Gasteiger partial charge is 0.402 e. The average Bonchev–Trinajstić information content (AvgIpc) is 2.29. The summed E-state index contributed by atoms with van der Waals surface area (Å²) in [5.74, 6) is 0. The Hall–Kier alpha value is -1.50. The third kappa shape index (κ3) is 1.26. The molecular formula is C11H11N. The molecule has 2 N–H and O–H groups in total. The van der Waals surface area contributed by atoms with Crippen LogP contribution in [0.4, 0.5) is 0 Å². The highest BCUT2D eigenvalue weighted by molar-refractivity contribution is 5.46. The lowest BCUT2D eigenvalue weighted by atomic mass is 10.2. The Balaban J connectivity index is 2.72. The molecule has 1 heteroatoms. The van der Waals surface area contributed by atoms with E-state index >= 15 is 0 Å². The van der Waals surface area contributed by atoms with E-state index in [1.807, 2.05) is 18.2 Å². The van der Waals surface area contributed by atoms with Gasteiger partial charge in [0.15, 0.2) is 0 Å². The minimum Gasteiger partial charge on any atom is -0.402 e. The van der Waals surface area contributed by atoms with Gasteiger partial charge in [-0.3, -0.25) is 0 Å². The fraction of sp³-hybridized carbons (Fsp3) is 0.0909. The highest BCUT2D eigenvalue weighted by Crippen LogP contribution is 1.95. The van der Waals surface area contributed by atoms with Gasteiger partial charge in [0.25, 0.3) is 0 Å². The van der Waals surface area contributed by atoms with Crippen molar-refractivity contribution in [2.24, 2.45) is 5.73 Å². The van der Waals surface area contributed by atoms with Crippen LogP contribution < -0.4 is 16.2 Å². The van der Waals surface area contributed by atoms with Gasteiger partial charge >= 0.3 is 0 Å². The van der Waals surface area contributed by atoms with Gasteiger partial charge in [0, 0.05) is 12.1 Å². The predicted octanol–water partition coefficient (Wildman–Crippen LogP) is 0.494. The zero-order chi connectivity index (χ0) is 8.39. The molecule has 1 aliphatic rings. The van der Waals surface area contributed by atoms with Gasteiger partial charge in [-0.15, -0.1) is 0 Å². The van der Waals surface area contributed by atoms with Crippen LogP contribution in [0.25, 0.3) is 12.2 Å². The average molecular weight is 157 g/mol. The second-order valence-corrected chi connectivity index (χ2v) is 2.95. The molecular weight excluding hydrogens is 146 g/mol. The summed E-state index contributed by atoms with van der Waals surface area (Å²) in [6.07, 6.45) is 7.05. The summed E-state index contributed by atoms with van der Waals surface area (Å²) < 4.78 is 0. The van der Waals surface area contributed by atoms with E-state index in [2.05, 4.69) is 24.3 Å². The zero-order valence-corrected chi connectivity index (χ0v) is 6.83. The Morgan fingerprint density at radius 1 is 1.00 bits per heavy atom. The van der Waals surface area contributed by atoms with Gasteiger partial charge in [-0.2, -0.15) is 0 Å². The van der Waals surface area contributed by atoms with Crippen molar-refractivity contribution in [3.8, 4) is 0 Å². The number of rotatable bonds is 0. The van der Waals surface area contributed by atoms with Crippen molar-refractivity contribution in [2.45, 2.75) is 6.42 Å². The summed E-state index contributed by atoms with van der Waals surface area (Å²) >= 11 is 0. The van der Waals surface area contributed by atoms with Crippen LogP contribution in [0.15, 0.2) is 36.0 Å². The van der Waals surface area contributed by atoms with Crippen molar-refractivity contribution < 1.29 is 0 Å². The highest BCUT2D eigenvalue weighted by atomic mass is 14.6. The first-order valence-electron chi connectivity index (χ1n) is 4.08. The molecule has 0 fully saturated rings. The summed E-state index contributed by atoms with van der Waals surface area (Å²) in [5.41, 5.74) is 6.64. The van der Waals surface area contributed by atoms with Crippen molar-refractivity contribution in [2.75, 3.05) is 0 Å². The summed E-state index contributed by atoms with van der Waals surface area (Å²) in [5, 5.41) is 2.52.